The van der Waals surface area contributed by atoms with Crippen LogP contribution in [0.1, 0.15) is 24.1 Å². The molecule has 0 unspecified atom stereocenters. The molecule has 1 aliphatic heterocycles. The second-order valence-electron chi connectivity index (χ2n) is 8.77. The van der Waals surface area contributed by atoms with Crippen molar-refractivity contribution in [2.24, 2.45) is 5.92 Å². The number of hydrogen-bond donors (Lipinski definition) is 0. The van der Waals surface area contributed by atoms with E-state index in [0.717, 1.165) is 60.6 Å². The molecule has 0 spiro atoms. The van der Waals surface area contributed by atoms with Gasteiger partial charge < -0.3 is 9.26 Å². The van der Waals surface area contributed by atoms with Crippen molar-refractivity contribution < 1.29 is 9.26 Å². The second-order valence-corrected chi connectivity index (χ2v) is 9.69. The van der Waals surface area contributed by atoms with Gasteiger partial charge in [0.25, 0.3) is 5.89 Å². The van der Waals surface area contributed by atoms with Crippen molar-refractivity contribution in [1.82, 2.24) is 20.0 Å². The molecule has 0 atom stereocenters. The molecule has 0 amide bonds. The van der Waals surface area contributed by atoms with Crippen LogP contribution in [0.15, 0.2) is 75.7 Å². The Morgan fingerprint density at radius 1 is 1.00 bits per heavy atom. The molecule has 7 heteroatoms. The maximum Gasteiger partial charge on any atom is 0.258 e. The van der Waals surface area contributed by atoms with Crippen LogP contribution in [-0.4, -0.2) is 39.7 Å². The number of pyridine rings is 1. The fraction of sp³-hybridized carbons (Fsp3) is 0.296. The Balaban J connectivity index is 1.14. The molecule has 1 fully saturated rings. The number of piperidine rings is 1. The first kappa shape index (κ1) is 22.7. The van der Waals surface area contributed by atoms with Crippen LogP contribution in [0, 0.1) is 12.8 Å². The Kier molecular flexibility index (Phi) is 7.02. The highest BCUT2D eigenvalue weighted by Crippen LogP contribution is 2.26. The third-order valence-electron chi connectivity index (χ3n) is 6.14. The Morgan fingerprint density at radius 3 is 2.59 bits per heavy atom. The molecule has 6 nitrogen and oxygen atoms in total. The highest BCUT2D eigenvalue weighted by Gasteiger charge is 2.20. The fourth-order valence-electron chi connectivity index (χ4n) is 4.20. The lowest BCUT2D eigenvalue weighted by molar-refractivity contribution is 0.137. The summed E-state index contributed by atoms with van der Waals surface area (Å²) in [5, 5.41) is 4.10. The van der Waals surface area contributed by atoms with Gasteiger partial charge in [-0.15, -0.1) is 0 Å². The summed E-state index contributed by atoms with van der Waals surface area (Å²) in [4.78, 5) is 11.5. The van der Waals surface area contributed by atoms with Crippen LogP contribution in [0.25, 0.3) is 23.0 Å². The first-order valence-electron chi connectivity index (χ1n) is 11.6. The molecule has 3 heterocycles. The maximum absolute atomic E-state index is 6.16. The largest absolute Gasteiger partial charge is 0.493 e. The van der Waals surface area contributed by atoms with E-state index in [-0.39, 0.29) is 0 Å². The predicted octanol–water partition coefficient (Wildman–Crippen LogP) is 6.16. The molecule has 174 valence electrons. The molecule has 2 aromatic carbocycles. The van der Waals surface area contributed by atoms with E-state index in [4.69, 9.17) is 9.26 Å². The van der Waals surface area contributed by atoms with Gasteiger partial charge in [0.15, 0.2) is 0 Å². The van der Waals surface area contributed by atoms with Gasteiger partial charge in [0.05, 0.1) is 6.61 Å². The first-order valence-corrected chi connectivity index (χ1v) is 12.4. The van der Waals surface area contributed by atoms with E-state index in [1.807, 2.05) is 49.4 Å². The zero-order valence-electron chi connectivity index (χ0n) is 19.2. The van der Waals surface area contributed by atoms with Crippen molar-refractivity contribution in [3.05, 3.63) is 82.5 Å². The van der Waals surface area contributed by atoms with Gasteiger partial charge in [-0.05, 0) is 86.8 Å². The van der Waals surface area contributed by atoms with E-state index in [2.05, 4.69) is 60.2 Å². The standard InChI is InChI=1S/C27H27BrN4O2/c1-19-4-2-7-25(29-19)26-30-27(34-31-26)22-5-3-6-24(16-22)33-18-21-12-14-32(15-13-21)17-20-8-10-23(28)11-9-20/h2-11,16,21H,12-15,17-18H2,1H3. The monoisotopic (exact) mass is 518 g/mol. The fourth-order valence-corrected chi connectivity index (χ4v) is 4.47. The van der Waals surface area contributed by atoms with E-state index in [9.17, 15) is 0 Å². The minimum atomic E-state index is 0.463. The Hall–Kier alpha value is -3.03. The lowest BCUT2D eigenvalue weighted by atomic mass is 9.97. The average molecular weight is 519 g/mol. The Bertz CT molecular complexity index is 1230. The molecule has 4 aromatic rings. The van der Waals surface area contributed by atoms with Gasteiger partial charge in [0.1, 0.15) is 11.4 Å². The molecule has 2 aromatic heterocycles. The molecule has 0 aliphatic carbocycles. The van der Waals surface area contributed by atoms with Gasteiger partial charge in [-0.1, -0.05) is 45.4 Å². The molecule has 0 bridgehead atoms. The third kappa shape index (κ3) is 5.72. The molecular weight excluding hydrogens is 492 g/mol. The highest BCUT2D eigenvalue weighted by atomic mass is 79.9. The van der Waals surface area contributed by atoms with E-state index in [0.29, 0.717) is 23.3 Å². The number of aryl methyl sites for hydroxylation is 1. The van der Waals surface area contributed by atoms with E-state index in [1.165, 1.54) is 5.56 Å². The minimum absolute atomic E-state index is 0.463. The summed E-state index contributed by atoms with van der Waals surface area (Å²) in [5.41, 5.74) is 3.82. The Labute approximate surface area is 208 Å². The van der Waals surface area contributed by atoms with Crippen LogP contribution in [0.4, 0.5) is 0 Å². The van der Waals surface area contributed by atoms with Gasteiger partial charge in [-0.25, -0.2) is 4.98 Å². The van der Waals surface area contributed by atoms with Crippen LogP contribution < -0.4 is 4.74 Å². The van der Waals surface area contributed by atoms with Crippen LogP contribution in [0.5, 0.6) is 5.75 Å². The van der Waals surface area contributed by atoms with Gasteiger partial charge >= 0.3 is 0 Å². The van der Waals surface area contributed by atoms with Crippen molar-refractivity contribution in [2.45, 2.75) is 26.3 Å². The maximum atomic E-state index is 6.16. The van der Waals surface area contributed by atoms with Crippen molar-refractivity contribution in [3.8, 4) is 28.7 Å². The second kappa shape index (κ2) is 10.5. The first-order chi connectivity index (χ1) is 16.6. The topological polar surface area (TPSA) is 64.3 Å². The van der Waals surface area contributed by atoms with Gasteiger partial charge in [0, 0.05) is 22.3 Å². The van der Waals surface area contributed by atoms with Crippen LogP contribution in [0.2, 0.25) is 0 Å². The lowest BCUT2D eigenvalue weighted by Crippen LogP contribution is -2.35. The van der Waals surface area contributed by atoms with E-state index in [1.54, 1.807) is 0 Å². The molecule has 0 N–H and O–H groups in total. The smallest absolute Gasteiger partial charge is 0.258 e. The molecular formula is C27H27BrN4O2. The third-order valence-corrected chi connectivity index (χ3v) is 6.67. The van der Waals surface area contributed by atoms with Gasteiger partial charge in [-0.2, -0.15) is 4.98 Å². The van der Waals surface area contributed by atoms with E-state index < -0.39 is 0 Å². The quantitative estimate of drug-likeness (QED) is 0.292. The minimum Gasteiger partial charge on any atom is -0.493 e. The molecule has 34 heavy (non-hydrogen) atoms. The number of rotatable bonds is 7. The summed E-state index contributed by atoms with van der Waals surface area (Å²) >= 11 is 3.50. The average Bonchev–Trinajstić information content (AvgIpc) is 3.36. The van der Waals surface area contributed by atoms with Crippen LogP contribution in [-0.2, 0) is 6.54 Å². The summed E-state index contributed by atoms with van der Waals surface area (Å²) < 4.78 is 12.8. The predicted molar refractivity (Wildman–Crippen MR) is 135 cm³/mol. The number of halogens is 1. The number of ether oxygens (including phenoxy) is 1. The Morgan fingerprint density at radius 2 is 1.79 bits per heavy atom. The van der Waals surface area contributed by atoms with Crippen molar-refractivity contribution in [2.75, 3.05) is 19.7 Å². The summed E-state index contributed by atoms with van der Waals surface area (Å²) in [6.45, 7) is 5.87. The van der Waals surface area contributed by atoms with Crippen molar-refractivity contribution in [1.29, 1.82) is 0 Å². The molecule has 0 radical (unpaired) electrons. The number of hydrogen-bond acceptors (Lipinski definition) is 6. The van der Waals surface area contributed by atoms with Gasteiger partial charge in [0.2, 0.25) is 5.82 Å². The SMILES string of the molecule is Cc1cccc(-c2noc(-c3cccc(OCC4CCN(Cc5ccc(Br)cc5)CC4)c3)n2)n1. The van der Waals surface area contributed by atoms with Crippen molar-refractivity contribution >= 4 is 15.9 Å². The molecule has 5 rings (SSSR count). The summed E-state index contributed by atoms with van der Waals surface area (Å²) in [6, 6.07) is 22.2. The number of likely N-dealkylation sites (tertiary alicyclic amines) is 1. The lowest BCUT2D eigenvalue weighted by Gasteiger charge is -2.31. The number of nitrogens with zero attached hydrogens (tertiary/aromatic N) is 4. The highest BCUT2D eigenvalue weighted by molar-refractivity contribution is 9.10. The molecule has 1 aliphatic rings. The normalized spacial score (nSPS) is 14.9. The van der Waals surface area contributed by atoms with Crippen LogP contribution >= 0.6 is 15.9 Å². The number of aromatic nitrogens is 3. The zero-order chi connectivity index (χ0) is 23.3. The van der Waals surface area contributed by atoms with Gasteiger partial charge in [-0.3, -0.25) is 4.90 Å². The van der Waals surface area contributed by atoms with E-state index >= 15 is 0 Å². The summed E-state index contributed by atoms with van der Waals surface area (Å²) in [5.74, 6) is 2.33. The summed E-state index contributed by atoms with van der Waals surface area (Å²) in [7, 11) is 0. The summed E-state index contributed by atoms with van der Waals surface area (Å²) in [6.07, 6.45) is 2.29. The number of benzene rings is 2. The molecule has 1 saturated heterocycles. The van der Waals surface area contributed by atoms with Crippen LogP contribution in [0.3, 0.4) is 0 Å². The van der Waals surface area contributed by atoms with Crippen molar-refractivity contribution in [3.63, 3.8) is 0 Å². The zero-order valence-corrected chi connectivity index (χ0v) is 20.7. The molecule has 0 saturated carbocycles.